The fourth-order valence-corrected chi connectivity index (χ4v) is 3.06. The fraction of sp³-hybridized carbons (Fsp3) is 0.625. The lowest BCUT2D eigenvalue weighted by molar-refractivity contribution is 0.0321. The van der Waals surface area contributed by atoms with E-state index in [-0.39, 0.29) is 5.92 Å². The van der Waals surface area contributed by atoms with Crippen molar-refractivity contribution in [3.05, 3.63) is 35.0 Å². The van der Waals surface area contributed by atoms with Crippen molar-refractivity contribution in [1.82, 2.24) is 0 Å². The predicted octanol–water partition coefficient (Wildman–Crippen LogP) is 4.31. The van der Waals surface area contributed by atoms with E-state index < -0.39 is 12.2 Å². The van der Waals surface area contributed by atoms with Crippen molar-refractivity contribution in [2.24, 2.45) is 5.92 Å². The lowest BCUT2D eigenvalue weighted by Crippen LogP contribution is -2.24. The SMILES string of the molecule is C=CC(C(O)CCCCCCC)C(O)c1cccs1. The summed E-state index contributed by atoms with van der Waals surface area (Å²) in [5.74, 6) is -0.273. The van der Waals surface area contributed by atoms with Gasteiger partial charge in [0.2, 0.25) is 0 Å². The van der Waals surface area contributed by atoms with E-state index in [4.69, 9.17) is 0 Å². The van der Waals surface area contributed by atoms with Crippen LogP contribution in [0.25, 0.3) is 0 Å². The molecule has 1 aromatic rings. The van der Waals surface area contributed by atoms with E-state index >= 15 is 0 Å². The maximum atomic E-state index is 10.3. The van der Waals surface area contributed by atoms with E-state index in [0.717, 1.165) is 24.1 Å². The summed E-state index contributed by atoms with van der Waals surface area (Å²) in [5.41, 5.74) is 0. The van der Waals surface area contributed by atoms with Crippen molar-refractivity contribution in [3.8, 4) is 0 Å². The molecule has 0 aliphatic heterocycles. The number of thiophene rings is 1. The summed E-state index contributed by atoms with van der Waals surface area (Å²) >= 11 is 1.52. The summed E-state index contributed by atoms with van der Waals surface area (Å²) in [7, 11) is 0. The van der Waals surface area contributed by atoms with Crippen molar-refractivity contribution in [2.75, 3.05) is 0 Å². The Hall–Kier alpha value is -0.640. The van der Waals surface area contributed by atoms with Gasteiger partial charge < -0.3 is 10.2 Å². The van der Waals surface area contributed by atoms with Gasteiger partial charge in [0.05, 0.1) is 12.2 Å². The third-order valence-corrected chi connectivity index (χ3v) is 4.46. The third kappa shape index (κ3) is 5.47. The molecule has 0 bridgehead atoms. The first kappa shape index (κ1) is 16.4. The van der Waals surface area contributed by atoms with Crippen LogP contribution in [0.4, 0.5) is 0 Å². The molecule has 0 saturated heterocycles. The first-order valence-corrected chi connectivity index (χ1v) is 8.10. The van der Waals surface area contributed by atoms with Gasteiger partial charge in [-0.25, -0.2) is 0 Å². The summed E-state index contributed by atoms with van der Waals surface area (Å²) < 4.78 is 0. The molecule has 0 amide bonds. The summed E-state index contributed by atoms with van der Waals surface area (Å²) in [5, 5.41) is 22.4. The highest BCUT2D eigenvalue weighted by Gasteiger charge is 2.25. The Kier molecular flexibility index (Phi) is 8.03. The largest absolute Gasteiger partial charge is 0.392 e. The Bertz CT molecular complexity index is 335. The highest BCUT2D eigenvalue weighted by molar-refractivity contribution is 7.10. The van der Waals surface area contributed by atoms with Crippen LogP contribution in [-0.4, -0.2) is 16.3 Å². The monoisotopic (exact) mass is 282 g/mol. The van der Waals surface area contributed by atoms with Gasteiger partial charge in [-0.05, 0) is 17.9 Å². The van der Waals surface area contributed by atoms with E-state index in [1.54, 1.807) is 6.08 Å². The smallest absolute Gasteiger partial charge is 0.0968 e. The average Bonchev–Trinajstić information content (AvgIpc) is 2.93. The van der Waals surface area contributed by atoms with Crippen LogP contribution in [0.1, 0.15) is 56.4 Å². The molecule has 0 spiro atoms. The molecule has 3 unspecified atom stereocenters. The number of hydrogen-bond acceptors (Lipinski definition) is 3. The minimum absolute atomic E-state index is 0.273. The lowest BCUT2D eigenvalue weighted by atomic mass is 9.91. The van der Waals surface area contributed by atoms with Crippen LogP contribution < -0.4 is 0 Å². The fourth-order valence-electron chi connectivity index (χ4n) is 2.30. The number of aliphatic hydroxyl groups is 2. The maximum Gasteiger partial charge on any atom is 0.0968 e. The molecule has 3 atom stereocenters. The van der Waals surface area contributed by atoms with Gasteiger partial charge in [0.15, 0.2) is 0 Å². The van der Waals surface area contributed by atoms with Crippen LogP contribution in [0.3, 0.4) is 0 Å². The van der Waals surface area contributed by atoms with Crippen molar-refractivity contribution < 1.29 is 10.2 Å². The molecule has 0 aliphatic rings. The molecule has 0 saturated carbocycles. The Morgan fingerprint density at radius 1 is 1.26 bits per heavy atom. The average molecular weight is 282 g/mol. The Morgan fingerprint density at radius 3 is 2.58 bits per heavy atom. The summed E-state index contributed by atoms with van der Waals surface area (Å²) in [6.45, 7) is 5.95. The molecule has 2 nitrogen and oxygen atoms in total. The topological polar surface area (TPSA) is 40.5 Å². The van der Waals surface area contributed by atoms with Crippen LogP contribution >= 0.6 is 11.3 Å². The number of hydrogen-bond donors (Lipinski definition) is 2. The molecule has 0 fully saturated rings. The standard InChI is InChI=1S/C16H26O2S/c1-3-5-6-7-8-10-14(17)13(4-2)16(18)15-11-9-12-19-15/h4,9,11-14,16-18H,2-3,5-8,10H2,1H3. The van der Waals surface area contributed by atoms with Crippen LogP contribution in [0, 0.1) is 5.92 Å². The number of aliphatic hydroxyl groups excluding tert-OH is 2. The zero-order valence-corrected chi connectivity index (χ0v) is 12.6. The molecule has 0 aliphatic carbocycles. The van der Waals surface area contributed by atoms with Crippen LogP contribution in [-0.2, 0) is 0 Å². The molecule has 1 rings (SSSR count). The molecule has 1 heterocycles. The van der Waals surface area contributed by atoms with Crippen LogP contribution in [0.15, 0.2) is 30.2 Å². The minimum atomic E-state index is -0.636. The van der Waals surface area contributed by atoms with Gasteiger partial charge in [-0.3, -0.25) is 0 Å². The first-order chi connectivity index (χ1) is 9.20. The second-order valence-electron chi connectivity index (χ2n) is 5.04. The van der Waals surface area contributed by atoms with Gasteiger partial charge in [-0.15, -0.1) is 17.9 Å². The van der Waals surface area contributed by atoms with Gasteiger partial charge in [0.1, 0.15) is 0 Å². The van der Waals surface area contributed by atoms with E-state index in [0.29, 0.717) is 0 Å². The zero-order valence-electron chi connectivity index (χ0n) is 11.8. The molecule has 0 radical (unpaired) electrons. The first-order valence-electron chi connectivity index (χ1n) is 7.22. The molecule has 1 aromatic heterocycles. The second-order valence-corrected chi connectivity index (χ2v) is 6.02. The predicted molar refractivity (Wildman–Crippen MR) is 82.3 cm³/mol. The zero-order chi connectivity index (χ0) is 14.1. The minimum Gasteiger partial charge on any atom is -0.392 e. The molecule has 3 heteroatoms. The normalized spacial score (nSPS) is 15.9. The summed E-state index contributed by atoms with van der Waals surface area (Å²) in [4.78, 5) is 0.898. The third-order valence-electron chi connectivity index (χ3n) is 3.52. The van der Waals surface area contributed by atoms with Crippen LogP contribution in [0.5, 0.6) is 0 Å². The molecule has 2 N–H and O–H groups in total. The van der Waals surface area contributed by atoms with Gasteiger partial charge in [0.25, 0.3) is 0 Å². The van der Waals surface area contributed by atoms with Gasteiger partial charge in [0, 0.05) is 10.8 Å². The Balaban J connectivity index is 2.39. The molecular weight excluding hydrogens is 256 g/mol. The van der Waals surface area contributed by atoms with Gasteiger partial charge in [-0.1, -0.05) is 51.2 Å². The van der Waals surface area contributed by atoms with Crippen molar-refractivity contribution in [1.29, 1.82) is 0 Å². The molecule has 19 heavy (non-hydrogen) atoms. The van der Waals surface area contributed by atoms with E-state index in [9.17, 15) is 10.2 Å². The van der Waals surface area contributed by atoms with Gasteiger partial charge in [-0.2, -0.15) is 0 Å². The highest BCUT2D eigenvalue weighted by Crippen LogP contribution is 2.30. The van der Waals surface area contributed by atoms with Gasteiger partial charge >= 0.3 is 0 Å². The molecule has 0 aromatic carbocycles. The lowest BCUT2D eigenvalue weighted by Gasteiger charge is -2.24. The summed E-state index contributed by atoms with van der Waals surface area (Å²) in [6, 6.07) is 3.82. The maximum absolute atomic E-state index is 10.3. The van der Waals surface area contributed by atoms with E-state index in [1.807, 2.05) is 17.5 Å². The molecule has 108 valence electrons. The quantitative estimate of drug-likeness (QED) is 0.496. The van der Waals surface area contributed by atoms with E-state index in [1.165, 1.54) is 30.6 Å². The van der Waals surface area contributed by atoms with E-state index in [2.05, 4.69) is 13.5 Å². The second kappa shape index (κ2) is 9.29. The summed E-state index contributed by atoms with van der Waals surface area (Å²) in [6.07, 6.45) is 7.18. The number of unbranched alkanes of at least 4 members (excludes halogenated alkanes) is 4. The Labute approximate surface area is 120 Å². The number of rotatable bonds is 10. The van der Waals surface area contributed by atoms with Crippen molar-refractivity contribution in [3.63, 3.8) is 0 Å². The molecular formula is C16H26O2S. The highest BCUT2D eigenvalue weighted by atomic mass is 32.1. The van der Waals surface area contributed by atoms with Crippen molar-refractivity contribution >= 4 is 11.3 Å². The van der Waals surface area contributed by atoms with Crippen LogP contribution in [0.2, 0.25) is 0 Å². The Morgan fingerprint density at radius 2 is 2.00 bits per heavy atom. The van der Waals surface area contributed by atoms with Crippen molar-refractivity contribution in [2.45, 2.75) is 57.7 Å².